The molecule has 1 aliphatic rings. The first-order valence-electron chi connectivity index (χ1n) is 6.04. The van der Waals surface area contributed by atoms with Gasteiger partial charge in [-0.1, -0.05) is 0 Å². The zero-order chi connectivity index (χ0) is 13.0. The maximum atomic E-state index is 9.47. The molecule has 1 heterocycles. The first-order chi connectivity index (χ1) is 8.74. The highest BCUT2D eigenvalue weighted by Crippen LogP contribution is 2.30. The zero-order valence-corrected chi connectivity index (χ0v) is 10.4. The van der Waals surface area contributed by atoms with Gasteiger partial charge in [0.05, 0.1) is 13.2 Å². The van der Waals surface area contributed by atoms with Gasteiger partial charge in [-0.15, -0.1) is 0 Å². The molecular formula is C11H19N5O2. The molecule has 1 aromatic rings. The number of nitrogen functional groups attached to an aromatic ring is 1. The van der Waals surface area contributed by atoms with Crippen LogP contribution in [0.2, 0.25) is 0 Å². The molecule has 1 fully saturated rings. The Morgan fingerprint density at radius 2 is 1.94 bits per heavy atom. The van der Waals surface area contributed by atoms with Gasteiger partial charge in [0, 0.05) is 6.04 Å². The normalized spacial score (nSPS) is 23.5. The number of ether oxygens (including phenoxy) is 1. The highest BCUT2D eigenvalue weighted by molar-refractivity contribution is 5.63. The molecule has 100 valence electrons. The second-order valence-corrected chi connectivity index (χ2v) is 4.40. The molecule has 1 aliphatic carbocycles. The molecule has 1 saturated carbocycles. The van der Waals surface area contributed by atoms with Gasteiger partial charge in [0.2, 0.25) is 5.75 Å². The van der Waals surface area contributed by atoms with Crippen LogP contribution in [0.15, 0.2) is 6.33 Å². The number of nitrogens with one attached hydrogen (secondary N) is 2. The third-order valence-corrected chi connectivity index (χ3v) is 3.18. The Kier molecular flexibility index (Phi) is 4.16. The van der Waals surface area contributed by atoms with Crippen molar-refractivity contribution >= 4 is 11.6 Å². The predicted molar refractivity (Wildman–Crippen MR) is 68.3 cm³/mol. The van der Waals surface area contributed by atoms with Crippen LogP contribution < -0.4 is 21.3 Å². The Hall–Kier alpha value is -1.60. The number of hydrazine groups is 1. The van der Waals surface area contributed by atoms with Gasteiger partial charge in [-0.2, -0.15) is 0 Å². The Morgan fingerprint density at radius 3 is 2.56 bits per heavy atom. The number of methoxy groups -OCH3 is 1. The van der Waals surface area contributed by atoms with Crippen molar-refractivity contribution in [3.8, 4) is 5.75 Å². The van der Waals surface area contributed by atoms with Gasteiger partial charge in [-0.05, 0) is 25.7 Å². The molecule has 0 amide bonds. The van der Waals surface area contributed by atoms with E-state index in [-0.39, 0.29) is 6.10 Å². The van der Waals surface area contributed by atoms with E-state index < -0.39 is 0 Å². The van der Waals surface area contributed by atoms with E-state index in [4.69, 9.17) is 10.6 Å². The fourth-order valence-electron chi connectivity index (χ4n) is 2.19. The third kappa shape index (κ3) is 2.80. The summed E-state index contributed by atoms with van der Waals surface area (Å²) in [5.74, 6) is 6.95. The molecule has 0 atom stereocenters. The highest BCUT2D eigenvalue weighted by Gasteiger charge is 2.21. The molecule has 1 aromatic heterocycles. The number of hydrogen-bond donors (Lipinski definition) is 4. The van der Waals surface area contributed by atoms with Crippen LogP contribution in [0.1, 0.15) is 25.7 Å². The zero-order valence-electron chi connectivity index (χ0n) is 10.4. The average molecular weight is 253 g/mol. The third-order valence-electron chi connectivity index (χ3n) is 3.18. The number of hydrogen-bond acceptors (Lipinski definition) is 7. The number of rotatable bonds is 4. The lowest BCUT2D eigenvalue weighted by molar-refractivity contribution is 0.126. The average Bonchev–Trinajstić information content (AvgIpc) is 2.41. The van der Waals surface area contributed by atoms with E-state index in [1.807, 2.05) is 0 Å². The van der Waals surface area contributed by atoms with Crippen molar-refractivity contribution in [1.29, 1.82) is 0 Å². The van der Waals surface area contributed by atoms with E-state index in [1.165, 1.54) is 6.33 Å². The van der Waals surface area contributed by atoms with Gasteiger partial charge in [0.1, 0.15) is 6.33 Å². The molecule has 0 aliphatic heterocycles. The number of aliphatic hydroxyl groups excluding tert-OH is 1. The molecule has 0 bridgehead atoms. The lowest BCUT2D eigenvalue weighted by Gasteiger charge is -2.27. The molecule has 0 saturated heterocycles. The highest BCUT2D eigenvalue weighted by atomic mass is 16.5. The maximum Gasteiger partial charge on any atom is 0.205 e. The second-order valence-electron chi connectivity index (χ2n) is 4.40. The Morgan fingerprint density at radius 1 is 1.28 bits per heavy atom. The van der Waals surface area contributed by atoms with Gasteiger partial charge in [-0.25, -0.2) is 15.8 Å². The largest absolute Gasteiger partial charge is 0.490 e. The lowest BCUT2D eigenvalue weighted by atomic mass is 9.93. The van der Waals surface area contributed by atoms with Crippen molar-refractivity contribution in [2.24, 2.45) is 5.84 Å². The van der Waals surface area contributed by atoms with E-state index in [2.05, 4.69) is 20.7 Å². The first-order valence-corrected chi connectivity index (χ1v) is 6.04. The van der Waals surface area contributed by atoms with Gasteiger partial charge in [0.15, 0.2) is 11.6 Å². The minimum atomic E-state index is -0.170. The Bertz CT molecular complexity index is 393. The number of aliphatic hydroxyl groups is 1. The van der Waals surface area contributed by atoms with Gasteiger partial charge < -0.3 is 20.6 Å². The summed E-state index contributed by atoms with van der Waals surface area (Å²) < 4.78 is 5.25. The van der Waals surface area contributed by atoms with Crippen LogP contribution in [0.5, 0.6) is 5.75 Å². The fraction of sp³-hybridized carbons (Fsp3) is 0.636. The summed E-state index contributed by atoms with van der Waals surface area (Å²) in [6.07, 6.45) is 4.72. The van der Waals surface area contributed by atoms with Crippen molar-refractivity contribution in [2.45, 2.75) is 37.8 Å². The van der Waals surface area contributed by atoms with Gasteiger partial charge in [0.25, 0.3) is 0 Å². The molecule has 0 aromatic carbocycles. The Labute approximate surface area is 106 Å². The van der Waals surface area contributed by atoms with Crippen LogP contribution in [-0.2, 0) is 0 Å². The molecule has 18 heavy (non-hydrogen) atoms. The summed E-state index contributed by atoms with van der Waals surface area (Å²) in [5, 5.41) is 12.8. The second kappa shape index (κ2) is 5.83. The molecule has 7 heteroatoms. The SMILES string of the molecule is COc1c(NN)ncnc1NC1CCC(O)CC1. The Balaban J connectivity index is 2.09. The van der Waals surface area contributed by atoms with Crippen molar-refractivity contribution in [3.05, 3.63) is 6.33 Å². The molecular weight excluding hydrogens is 234 g/mol. The predicted octanol–water partition coefficient (Wildman–Crippen LogP) is 0.486. The molecule has 5 N–H and O–H groups in total. The van der Waals surface area contributed by atoms with Crippen molar-refractivity contribution in [3.63, 3.8) is 0 Å². The van der Waals surface area contributed by atoms with Gasteiger partial charge >= 0.3 is 0 Å². The van der Waals surface area contributed by atoms with Crippen molar-refractivity contribution in [2.75, 3.05) is 17.9 Å². The van der Waals surface area contributed by atoms with Crippen LogP contribution in [0, 0.1) is 0 Å². The molecule has 0 unspecified atom stereocenters. The fourth-order valence-corrected chi connectivity index (χ4v) is 2.19. The van der Waals surface area contributed by atoms with Crippen LogP contribution >= 0.6 is 0 Å². The monoisotopic (exact) mass is 253 g/mol. The quantitative estimate of drug-likeness (QED) is 0.457. The number of nitrogens with two attached hydrogens (primary N) is 1. The minimum absolute atomic E-state index is 0.170. The van der Waals surface area contributed by atoms with Crippen LogP contribution in [0.25, 0.3) is 0 Å². The van der Waals surface area contributed by atoms with E-state index in [0.717, 1.165) is 25.7 Å². The smallest absolute Gasteiger partial charge is 0.205 e. The molecule has 2 rings (SSSR count). The molecule has 0 radical (unpaired) electrons. The summed E-state index contributed by atoms with van der Waals surface area (Å²) in [7, 11) is 1.55. The van der Waals surface area contributed by atoms with Crippen LogP contribution in [-0.4, -0.2) is 34.3 Å². The maximum absolute atomic E-state index is 9.47. The number of nitrogens with zero attached hydrogens (tertiary/aromatic N) is 2. The van der Waals surface area contributed by atoms with Gasteiger partial charge in [-0.3, -0.25) is 0 Å². The topological polar surface area (TPSA) is 105 Å². The van der Waals surface area contributed by atoms with E-state index in [9.17, 15) is 5.11 Å². The van der Waals surface area contributed by atoms with E-state index >= 15 is 0 Å². The van der Waals surface area contributed by atoms with Crippen molar-refractivity contribution < 1.29 is 9.84 Å². The van der Waals surface area contributed by atoms with Crippen LogP contribution in [0.4, 0.5) is 11.6 Å². The molecule has 7 nitrogen and oxygen atoms in total. The summed E-state index contributed by atoms with van der Waals surface area (Å²) in [4.78, 5) is 8.15. The first kappa shape index (κ1) is 12.8. The van der Waals surface area contributed by atoms with E-state index in [1.54, 1.807) is 7.11 Å². The summed E-state index contributed by atoms with van der Waals surface area (Å²) in [5.41, 5.74) is 2.48. The summed E-state index contributed by atoms with van der Waals surface area (Å²) >= 11 is 0. The number of anilines is 2. The minimum Gasteiger partial charge on any atom is -0.490 e. The lowest BCUT2D eigenvalue weighted by Crippen LogP contribution is -2.29. The summed E-state index contributed by atoms with van der Waals surface area (Å²) in [6.45, 7) is 0. The van der Waals surface area contributed by atoms with Crippen molar-refractivity contribution in [1.82, 2.24) is 9.97 Å². The standard InChI is InChI=1S/C11H19N5O2/c1-18-9-10(13-6-14-11(9)16-12)15-7-2-4-8(17)5-3-7/h6-8,17H,2-5,12H2,1H3,(H2,13,14,15,16). The van der Waals surface area contributed by atoms with Crippen LogP contribution in [0.3, 0.4) is 0 Å². The number of aromatic nitrogens is 2. The molecule has 0 spiro atoms. The summed E-state index contributed by atoms with van der Waals surface area (Å²) in [6, 6.07) is 0.294. The van der Waals surface area contributed by atoms with E-state index in [0.29, 0.717) is 23.4 Å².